The topological polar surface area (TPSA) is 24.1 Å². The molecule has 78 valence electrons. The van der Waals surface area contributed by atoms with Gasteiger partial charge in [-0.3, -0.25) is 0 Å². The number of hydrogen-bond acceptors (Lipinski definition) is 2. The van der Waals surface area contributed by atoms with Crippen molar-refractivity contribution >= 4 is 0 Å². The Labute approximate surface area is 82.5 Å². The van der Waals surface area contributed by atoms with Gasteiger partial charge in [0.1, 0.15) is 0 Å². The Morgan fingerprint density at radius 3 is 1.54 bits per heavy atom. The molecule has 13 heavy (non-hydrogen) atoms. The first kappa shape index (κ1) is 11.0. The summed E-state index contributed by atoms with van der Waals surface area (Å²) in [6.45, 7) is 8.90. The van der Waals surface area contributed by atoms with E-state index in [1.807, 2.05) is 0 Å². The van der Waals surface area contributed by atoms with Crippen LogP contribution in [0.15, 0.2) is 0 Å². The smallest absolute Gasteiger partial charge is 0.00848 e. The molecule has 1 saturated carbocycles. The Kier molecular flexibility index (Phi) is 4.20. The van der Waals surface area contributed by atoms with Crippen molar-refractivity contribution in [2.45, 2.75) is 71.1 Å². The summed E-state index contributed by atoms with van der Waals surface area (Å²) in [4.78, 5) is 0. The molecule has 1 fully saturated rings. The molecule has 0 aromatic heterocycles. The van der Waals surface area contributed by atoms with Gasteiger partial charge >= 0.3 is 0 Å². The van der Waals surface area contributed by atoms with Crippen LogP contribution in [0, 0.1) is 0 Å². The summed E-state index contributed by atoms with van der Waals surface area (Å²) >= 11 is 0. The lowest BCUT2D eigenvalue weighted by Crippen LogP contribution is -2.37. The lowest BCUT2D eigenvalue weighted by molar-refractivity contribution is 0.433. The SMILES string of the molecule is CC(C)NC1CC[C@H](NC(C)C)C1. The molecule has 0 amide bonds. The molecule has 2 N–H and O–H groups in total. The number of nitrogens with one attached hydrogen (secondary N) is 2. The molecule has 0 aromatic rings. The lowest BCUT2D eigenvalue weighted by Gasteiger charge is -2.18. The maximum absolute atomic E-state index is 3.60. The van der Waals surface area contributed by atoms with Crippen LogP contribution in [0.1, 0.15) is 47.0 Å². The summed E-state index contributed by atoms with van der Waals surface area (Å²) in [5, 5.41) is 7.21. The van der Waals surface area contributed by atoms with Gasteiger partial charge in [0, 0.05) is 24.2 Å². The molecule has 0 radical (unpaired) electrons. The van der Waals surface area contributed by atoms with E-state index in [1.165, 1.54) is 19.3 Å². The maximum atomic E-state index is 3.60. The Morgan fingerprint density at radius 1 is 0.846 bits per heavy atom. The number of rotatable bonds is 4. The van der Waals surface area contributed by atoms with Crippen LogP contribution in [0.5, 0.6) is 0 Å². The van der Waals surface area contributed by atoms with Crippen molar-refractivity contribution in [3.05, 3.63) is 0 Å². The summed E-state index contributed by atoms with van der Waals surface area (Å²) in [5.41, 5.74) is 0. The summed E-state index contributed by atoms with van der Waals surface area (Å²) in [6.07, 6.45) is 3.97. The molecule has 1 unspecified atom stereocenters. The Morgan fingerprint density at radius 2 is 1.23 bits per heavy atom. The minimum atomic E-state index is 0.628. The van der Waals surface area contributed by atoms with Gasteiger partial charge in [0.25, 0.3) is 0 Å². The summed E-state index contributed by atoms with van der Waals surface area (Å²) < 4.78 is 0. The maximum Gasteiger partial charge on any atom is 0.00848 e. The van der Waals surface area contributed by atoms with Crippen molar-refractivity contribution in [3.63, 3.8) is 0 Å². The summed E-state index contributed by atoms with van der Waals surface area (Å²) in [6, 6.07) is 2.75. The van der Waals surface area contributed by atoms with Gasteiger partial charge in [0.2, 0.25) is 0 Å². The average Bonchev–Trinajstić information content (AvgIpc) is 2.33. The highest BCUT2D eigenvalue weighted by molar-refractivity contribution is 4.86. The van der Waals surface area contributed by atoms with Crippen molar-refractivity contribution in [2.24, 2.45) is 0 Å². The minimum Gasteiger partial charge on any atom is -0.312 e. The van der Waals surface area contributed by atoms with Gasteiger partial charge in [-0.2, -0.15) is 0 Å². The van der Waals surface area contributed by atoms with E-state index in [9.17, 15) is 0 Å². The van der Waals surface area contributed by atoms with Crippen LogP contribution >= 0.6 is 0 Å². The van der Waals surface area contributed by atoms with Gasteiger partial charge in [-0.05, 0) is 19.3 Å². The molecule has 0 aromatic carbocycles. The minimum absolute atomic E-state index is 0.628. The zero-order valence-electron chi connectivity index (χ0n) is 9.43. The molecule has 0 spiro atoms. The summed E-state index contributed by atoms with van der Waals surface area (Å²) in [7, 11) is 0. The third-order valence-corrected chi connectivity index (χ3v) is 2.57. The normalized spacial score (nSPS) is 29.1. The molecule has 2 atom stereocenters. The second-order valence-electron chi connectivity index (χ2n) is 4.85. The Bertz CT molecular complexity index is 127. The van der Waals surface area contributed by atoms with Crippen LogP contribution in [-0.2, 0) is 0 Å². The second kappa shape index (κ2) is 4.97. The van der Waals surface area contributed by atoms with Crippen molar-refractivity contribution in [2.75, 3.05) is 0 Å². The van der Waals surface area contributed by atoms with E-state index in [2.05, 4.69) is 38.3 Å². The van der Waals surface area contributed by atoms with Crippen LogP contribution in [0.2, 0.25) is 0 Å². The van der Waals surface area contributed by atoms with E-state index in [0.29, 0.717) is 12.1 Å². The van der Waals surface area contributed by atoms with Gasteiger partial charge in [0.15, 0.2) is 0 Å². The fourth-order valence-electron chi connectivity index (χ4n) is 2.23. The van der Waals surface area contributed by atoms with Crippen molar-refractivity contribution in [1.82, 2.24) is 10.6 Å². The molecular formula is C11H24N2. The molecule has 2 nitrogen and oxygen atoms in total. The quantitative estimate of drug-likeness (QED) is 0.697. The first-order valence-electron chi connectivity index (χ1n) is 5.60. The first-order chi connectivity index (χ1) is 6.08. The van der Waals surface area contributed by atoms with E-state index in [0.717, 1.165) is 12.1 Å². The van der Waals surface area contributed by atoms with E-state index in [-0.39, 0.29) is 0 Å². The van der Waals surface area contributed by atoms with Gasteiger partial charge in [0.05, 0.1) is 0 Å². The monoisotopic (exact) mass is 184 g/mol. The highest BCUT2D eigenvalue weighted by atomic mass is 15.0. The first-order valence-corrected chi connectivity index (χ1v) is 5.60. The lowest BCUT2D eigenvalue weighted by atomic mass is 10.2. The van der Waals surface area contributed by atoms with E-state index >= 15 is 0 Å². The van der Waals surface area contributed by atoms with Crippen molar-refractivity contribution in [3.8, 4) is 0 Å². The van der Waals surface area contributed by atoms with Crippen LogP contribution in [-0.4, -0.2) is 24.2 Å². The summed E-state index contributed by atoms with van der Waals surface area (Å²) in [5.74, 6) is 0. The highest BCUT2D eigenvalue weighted by Crippen LogP contribution is 2.19. The zero-order chi connectivity index (χ0) is 9.84. The van der Waals surface area contributed by atoms with Gasteiger partial charge in [-0.25, -0.2) is 0 Å². The van der Waals surface area contributed by atoms with Gasteiger partial charge in [-0.15, -0.1) is 0 Å². The van der Waals surface area contributed by atoms with Crippen LogP contribution in [0.25, 0.3) is 0 Å². The second-order valence-corrected chi connectivity index (χ2v) is 4.85. The van der Waals surface area contributed by atoms with Crippen LogP contribution in [0.4, 0.5) is 0 Å². The molecule has 0 saturated heterocycles. The third kappa shape index (κ3) is 4.10. The standard InChI is InChI=1S/C11H24N2/c1-8(2)12-10-5-6-11(7-10)13-9(3)4/h8-13H,5-7H2,1-4H3/t10-,11?/m0/s1. The predicted molar refractivity (Wildman–Crippen MR) is 58.0 cm³/mol. The molecule has 0 heterocycles. The Hall–Kier alpha value is -0.0800. The fourth-order valence-corrected chi connectivity index (χ4v) is 2.23. The molecule has 1 aliphatic rings. The average molecular weight is 184 g/mol. The predicted octanol–water partition coefficient (Wildman–Crippen LogP) is 1.90. The Balaban J connectivity index is 2.20. The van der Waals surface area contributed by atoms with E-state index in [4.69, 9.17) is 0 Å². The molecule has 1 rings (SSSR count). The van der Waals surface area contributed by atoms with Crippen molar-refractivity contribution < 1.29 is 0 Å². The van der Waals surface area contributed by atoms with E-state index < -0.39 is 0 Å². The number of hydrogen-bond donors (Lipinski definition) is 2. The van der Waals surface area contributed by atoms with Crippen molar-refractivity contribution in [1.29, 1.82) is 0 Å². The van der Waals surface area contributed by atoms with E-state index in [1.54, 1.807) is 0 Å². The molecule has 0 aliphatic heterocycles. The molecule has 1 aliphatic carbocycles. The zero-order valence-corrected chi connectivity index (χ0v) is 9.43. The third-order valence-electron chi connectivity index (χ3n) is 2.57. The fraction of sp³-hybridized carbons (Fsp3) is 1.00. The largest absolute Gasteiger partial charge is 0.312 e. The van der Waals surface area contributed by atoms with Gasteiger partial charge in [-0.1, -0.05) is 27.7 Å². The highest BCUT2D eigenvalue weighted by Gasteiger charge is 2.24. The molecule has 0 bridgehead atoms. The van der Waals surface area contributed by atoms with Crippen LogP contribution < -0.4 is 10.6 Å². The van der Waals surface area contributed by atoms with Crippen LogP contribution in [0.3, 0.4) is 0 Å². The molecule has 2 heteroatoms. The molecular weight excluding hydrogens is 160 g/mol. The van der Waals surface area contributed by atoms with Gasteiger partial charge < -0.3 is 10.6 Å².